The summed E-state index contributed by atoms with van der Waals surface area (Å²) in [6, 6.07) is 7.50. The molecule has 0 fully saturated rings. The highest BCUT2D eigenvalue weighted by atomic mass is 32.2. The van der Waals surface area contributed by atoms with Crippen LogP contribution in [0, 0.1) is 17.5 Å². The van der Waals surface area contributed by atoms with Gasteiger partial charge >= 0.3 is 0 Å². The number of carbonyl (C=O) groups is 1. The third kappa shape index (κ3) is 3.33. The Hall–Kier alpha value is -1.95. The van der Waals surface area contributed by atoms with Crippen LogP contribution in [-0.4, -0.2) is 15.7 Å². The lowest BCUT2D eigenvalue weighted by Crippen LogP contribution is -2.12. The molecule has 0 saturated heterocycles. The first-order valence-corrected chi connectivity index (χ1v) is 6.91. The van der Waals surface area contributed by atoms with Gasteiger partial charge in [-0.1, -0.05) is 12.1 Å². The molecule has 0 aromatic heterocycles. The van der Waals surface area contributed by atoms with Gasteiger partial charge in [-0.3, -0.25) is 9.00 Å². The molecule has 104 valence electrons. The van der Waals surface area contributed by atoms with Gasteiger partial charge in [0, 0.05) is 11.6 Å². The topological polar surface area (TPSA) is 34.1 Å². The Bertz CT molecular complexity index is 686. The van der Waals surface area contributed by atoms with Crippen LogP contribution in [0.4, 0.5) is 13.2 Å². The summed E-state index contributed by atoms with van der Waals surface area (Å²) >= 11 is 0. The molecule has 1 atom stereocenters. The molecule has 0 N–H and O–H groups in total. The van der Waals surface area contributed by atoms with E-state index < -0.39 is 39.8 Å². The zero-order chi connectivity index (χ0) is 14.7. The Morgan fingerprint density at radius 1 is 1.00 bits per heavy atom. The lowest BCUT2D eigenvalue weighted by Gasteiger charge is -2.04. The van der Waals surface area contributed by atoms with Crippen molar-refractivity contribution in [2.75, 3.05) is 5.75 Å². The van der Waals surface area contributed by atoms with Crippen LogP contribution < -0.4 is 0 Å². The predicted octanol–water partition coefficient (Wildman–Crippen LogP) is 3.09. The van der Waals surface area contributed by atoms with E-state index in [-0.39, 0.29) is 10.5 Å². The second-order valence-corrected chi connectivity index (χ2v) is 5.42. The van der Waals surface area contributed by atoms with Crippen molar-refractivity contribution in [2.24, 2.45) is 0 Å². The minimum Gasteiger partial charge on any atom is -0.293 e. The van der Waals surface area contributed by atoms with Crippen molar-refractivity contribution in [3.8, 4) is 0 Å². The molecule has 1 unspecified atom stereocenters. The fourth-order valence-corrected chi connectivity index (χ4v) is 2.66. The molecule has 2 aromatic rings. The Balaban J connectivity index is 2.17. The number of halogens is 3. The van der Waals surface area contributed by atoms with Crippen LogP contribution in [0.2, 0.25) is 0 Å². The summed E-state index contributed by atoms with van der Waals surface area (Å²) < 4.78 is 51.0. The Kier molecular flexibility index (Phi) is 4.34. The van der Waals surface area contributed by atoms with Crippen molar-refractivity contribution in [1.29, 1.82) is 0 Å². The van der Waals surface area contributed by atoms with Crippen LogP contribution in [0.25, 0.3) is 0 Å². The van der Waals surface area contributed by atoms with E-state index in [4.69, 9.17) is 0 Å². The summed E-state index contributed by atoms with van der Waals surface area (Å²) in [7, 11) is -1.95. The van der Waals surface area contributed by atoms with E-state index in [0.29, 0.717) is 6.07 Å². The number of Topliss-reactive ketones (excluding diaryl/α,β-unsaturated/α-hetero) is 1. The molecule has 2 aromatic carbocycles. The van der Waals surface area contributed by atoms with Gasteiger partial charge in [-0.05, 0) is 24.3 Å². The number of ketones is 1. The van der Waals surface area contributed by atoms with Gasteiger partial charge in [-0.25, -0.2) is 13.2 Å². The first-order valence-electron chi connectivity index (χ1n) is 5.59. The van der Waals surface area contributed by atoms with Crippen LogP contribution in [0.5, 0.6) is 0 Å². The molecule has 0 aliphatic rings. The summed E-state index contributed by atoms with van der Waals surface area (Å²) in [5.41, 5.74) is 0.0564. The average molecular weight is 298 g/mol. The quantitative estimate of drug-likeness (QED) is 0.813. The van der Waals surface area contributed by atoms with Gasteiger partial charge in [-0.2, -0.15) is 0 Å². The molecule has 2 rings (SSSR count). The molecule has 20 heavy (non-hydrogen) atoms. The number of hydrogen-bond donors (Lipinski definition) is 0. The summed E-state index contributed by atoms with van der Waals surface area (Å²) in [4.78, 5) is 11.5. The molecule has 0 amide bonds. The average Bonchev–Trinajstić information content (AvgIpc) is 2.38. The molecule has 6 heteroatoms. The number of benzene rings is 2. The van der Waals surface area contributed by atoms with Crippen LogP contribution in [0.15, 0.2) is 47.4 Å². The van der Waals surface area contributed by atoms with E-state index in [9.17, 15) is 22.2 Å². The maximum absolute atomic E-state index is 13.4. The van der Waals surface area contributed by atoms with Crippen molar-refractivity contribution < 1.29 is 22.2 Å². The maximum atomic E-state index is 13.4. The molecular weight excluding hydrogens is 289 g/mol. The van der Waals surface area contributed by atoms with E-state index in [1.54, 1.807) is 0 Å². The zero-order valence-corrected chi connectivity index (χ0v) is 10.9. The standard InChI is InChI=1S/C14H9F3O2S/c15-10-3-1-2-9(6-10)13(18)8-20(19)14-5-4-11(16)7-12(14)17/h1-7H,8H2. The Labute approximate surface area is 115 Å². The molecule has 0 radical (unpaired) electrons. The van der Waals surface area contributed by atoms with Crippen molar-refractivity contribution in [1.82, 2.24) is 0 Å². The van der Waals surface area contributed by atoms with Gasteiger partial charge in [0.15, 0.2) is 5.78 Å². The minimum absolute atomic E-state index is 0.0564. The van der Waals surface area contributed by atoms with Gasteiger partial charge in [0.1, 0.15) is 17.5 Å². The van der Waals surface area contributed by atoms with Crippen molar-refractivity contribution >= 4 is 16.6 Å². The van der Waals surface area contributed by atoms with E-state index in [1.165, 1.54) is 18.2 Å². The van der Waals surface area contributed by atoms with E-state index in [2.05, 4.69) is 0 Å². The monoisotopic (exact) mass is 298 g/mol. The number of rotatable bonds is 4. The van der Waals surface area contributed by atoms with Crippen LogP contribution in [0.3, 0.4) is 0 Å². The van der Waals surface area contributed by atoms with Crippen LogP contribution in [-0.2, 0) is 10.8 Å². The van der Waals surface area contributed by atoms with Crippen molar-refractivity contribution in [3.05, 3.63) is 65.5 Å². The van der Waals surface area contributed by atoms with E-state index in [1.807, 2.05) is 0 Å². The molecule has 0 bridgehead atoms. The second kappa shape index (κ2) is 6.00. The van der Waals surface area contributed by atoms with Crippen LogP contribution in [0.1, 0.15) is 10.4 Å². The van der Waals surface area contributed by atoms with Crippen LogP contribution >= 0.6 is 0 Å². The molecule has 0 aliphatic carbocycles. The number of carbonyl (C=O) groups excluding carboxylic acids is 1. The van der Waals surface area contributed by atoms with Gasteiger partial charge in [0.2, 0.25) is 0 Å². The second-order valence-electron chi connectivity index (χ2n) is 4.00. The lowest BCUT2D eigenvalue weighted by atomic mass is 10.1. The molecule has 0 saturated carbocycles. The van der Waals surface area contributed by atoms with Gasteiger partial charge in [0.05, 0.1) is 21.4 Å². The molecule has 2 nitrogen and oxygen atoms in total. The SMILES string of the molecule is O=C(CS(=O)c1ccc(F)cc1F)c1cccc(F)c1. The highest BCUT2D eigenvalue weighted by molar-refractivity contribution is 7.85. The molecule has 0 aliphatic heterocycles. The first kappa shape index (κ1) is 14.5. The van der Waals surface area contributed by atoms with Crippen molar-refractivity contribution in [3.63, 3.8) is 0 Å². The summed E-state index contributed by atoms with van der Waals surface area (Å²) in [5, 5.41) is 0. The minimum atomic E-state index is -1.95. The molecular formula is C14H9F3O2S. The maximum Gasteiger partial charge on any atom is 0.175 e. The first-order chi connectivity index (χ1) is 9.47. The third-order valence-corrected chi connectivity index (χ3v) is 3.89. The Morgan fingerprint density at radius 2 is 1.70 bits per heavy atom. The highest BCUT2D eigenvalue weighted by Gasteiger charge is 2.16. The fourth-order valence-electron chi connectivity index (χ4n) is 1.60. The third-order valence-electron chi connectivity index (χ3n) is 2.55. The van der Waals surface area contributed by atoms with Gasteiger partial charge in [-0.15, -0.1) is 0 Å². The van der Waals surface area contributed by atoms with Gasteiger partial charge < -0.3 is 0 Å². The Morgan fingerprint density at radius 3 is 2.35 bits per heavy atom. The van der Waals surface area contributed by atoms with Gasteiger partial charge in [0.25, 0.3) is 0 Å². The lowest BCUT2D eigenvalue weighted by molar-refractivity contribution is 0.102. The molecule has 0 heterocycles. The largest absolute Gasteiger partial charge is 0.293 e. The zero-order valence-electron chi connectivity index (χ0n) is 10.1. The normalized spacial score (nSPS) is 12.2. The van der Waals surface area contributed by atoms with E-state index >= 15 is 0 Å². The molecule has 0 spiro atoms. The summed E-state index contributed by atoms with van der Waals surface area (Å²) in [5.74, 6) is -3.43. The highest BCUT2D eigenvalue weighted by Crippen LogP contribution is 2.15. The predicted molar refractivity (Wildman–Crippen MR) is 68.4 cm³/mol. The van der Waals surface area contributed by atoms with Crippen molar-refractivity contribution in [2.45, 2.75) is 4.90 Å². The summed E-state index contributed by atoms with van der Waals surface area (Å²) in [6.07, 6.45) is 0. The number of hydrogen-bond acceptors (Lipinski definition) is 2. The van der Waals surface area contributed by atoms with E-state index in [0.717, 1.165) is 18.2 Å². The fraction of sp³-hybridized carbons (Fsp3) is 0.0714. The summed E-state index contributed by atoms with van der Waals surface area (Å²) in [6.45, 7) is 0. The smallest absolute Gasteiger partial charge is 0.175 e.